The summed E-state index contributed by atoms with van der Waals surface area (Å²) in [5.41, 5.74) is -0.0580. The van der Waals surface area contributed by atoms with Gasteiger partial charge in [0.1, 0.15) is 5.76 Å². The summed E-state index contributed by atoms with van der Waals surface area (Å²) in [6.07, 6.45) is 0. The third kappa shape index (κ3) is 5.23. The number of nitro benzene ring substituents is 1. The summed E-state index contributed by atoms with van der Waals surface area (Å²) in [6, 6.07) is 15.0. The van der Waals surface area contributed by atoms with Crippen LogP contribution in [0.1, 0.15) is 16.1 Å². The van der Waals surface area contributed by atoms with Gasteiger partial charge in [0.2, 0.25) is 5.91 Å². The van der Waals surface area contributed by atoms with Gasteiger partial charge >= 0.3 is 0 Å². The molecule has 0 aliphatic heterocycles. The number of carbonyl (C=O) groups is 2. The standard InChI is InChI=1S/C20H18N4O5S/c1-13-10-18(22-29-13)21-19(25)12-23(2)20(26)16-11-14(24(27)28)8-9-17(16)30-15-6-4-3-5-7-15/h3-11H,12H2,1-2H3,(H,21,22,25). The minimum absolute atomic E-state index is 0.144. The van der Waals surface area contributed by atoms with Crippen molar-refractivity contribution >= 4 is 35.1 Å². The molecule has 9 nitrogen and oxygen atoms in total. The van der Waals surface area contributed by atoms with Crippen molar-refractivity contribution in [3.05, 3.63) is 76.0 Å². The number of nitro groups is 1. The van der Waals surface area contributed by atoms with E-state index in [2.05, 4.69) is 10.5 Å². The molecule has 0 spiro atoms. The molecule has 2 aromatic carbocycles. The topological polar surface area (TPSA) is 119 Å². The second-order valence-electron chi connectivity index (χ2n) is 6.38. The average Bonchev–Trinajstić information content (AvgIpc) is 3.12. The van der Waals surface area contributed by atoms with Crippen LogP contribution in [0.5, 0.6) is 0 Å². The highest BCUT2D eigenvalue weighted by atomic mass is 32.2. The molecule has 154 valence electrons. The van der Waals surface area contributed by atoms with Gasteiger partial charge in [-0.2, -0.15) is 0 Å². The predicted octanol–water partition coefficient (Wildman–Crippen LogP) is 3.75. The van der Waals surface area contributed by atoms with E-state index in [9.17, 15) is 19.7 Å². The zero-order chi connectivity index (χ0) is 21.7. The van der Waals surface area contributed by atoms with Crippen molar-refractivity contribution in [3.8, 4) is 0 Å². The lowest BCUT2D eigenvalue weighted by atomic mass is 10.1. The first-order valence-corrected chi connectivity index (χ1v) is 9.65. The molecule has 3 rings (SSSR count). The van der Waals surface area contributed by atoms with Crippen LogP contribution >= 0.6 is 11.8 Å². The third-order valence-electron chi connectivity index (χ3n) is 4.00. The Labute approximate surface area is 176 Å². The Balaban J connectivity index is 1.80. The van der Waals surface area contributed by atoms with E-state index in [0.29, 0.717) is 10.7 Å². The molecule has 0 saturated carbocycles. The van der Waals surface area contributed by atoms with E-state index in [1.807, 2.05) is 30.3 Å². The molecule has 0 radical (unpaired) electrons. The number of aromatic nitrogens is 1. The Bertz CT molecular complexity index is 1080. The van der Waals surface area contributed by atoms with Gasteiger partial charge in [0, 0.05) is 35.0 Å². The van der Waals surface area contributed by atoms with Crippen molar-refractivity contribution in [2.24, 2.45) is 0 Å². The smallest absolute Gasteiger partial charge is 0.270 e. The number of carbonyl (C=O) groups excluding carboxylic acids is 2. The van der Waals surface area contributed by atoms with Gasteiger partial charge in [0.15, 0.2) is 5.82 Å². The van der Waals surface area contributed by atoms with Crippen LogP contribution in [0.2, 0.25) is 0 Å². The Morgan fingerprint density at radius 1 is 1.20 bits per heavy atom. The van der Waals surface area contributed by atoms with Crippen molar-refractivity contribution < 1.29 is 19.0 Å². The van der Waals surface area contributed by atoms with Gasteiger partial charge in [0.25, 0.3) is 11.6 Å². The SMILES string of the molecule is Cc1cc(NC(=O)CN(C)C(=O)c2cc([N+](=O)[O-])ccc2Sc2ccccc2)no1. The number of nitrogens with zero attached hydrogens (tertiary/aromatic N) is 3. The first-order chi connectivity index (χ1) is 14.3. The van der Waals surface area contributed by atoms with E-state index < -0.39 is 16.7 Å². The Morgan fingerprint density at radius 3 is 2.57 bits per heavy atom. The molecule has 0 bridgehead atoms. The summed E-state index contributed by atoms with van der Waals surface area (Å²) in [5, 5.41) is 17.4. The van der Waals surface area contributed by atoms with Crippen LogP contribution in [-0.4, -0.2) is 40.4 Å². The van der Waals surface area contributed by atoms with Gasteiger partial charge in [-0.3, -0.25) is 19.7 Å². The van der Waals surface area contributed by atoms with Crippen molar-refractivity contribution in [3.63, 3.8) is 0 Å². The largest absolute Gasteiger partial charge is 0.360 e. The summed E-state index contributed by atoms with van der Waals surface area (Å²) in [6.45, 7) is 1.43. The molecular weight excluding hydrogens is 408 g/mol. The monoisotopic (exact) mass is 426 g/mol. The number of rotatable bonds is 7. The highest BCUT2D eigenvalue weighted by Gasteiger charge is 2.22. The van der Waals surface area contributed by atoms with E-state index in [-0.39, 0.29) is 23.6 Å². The average molecular weight is 426 g/mol. The van der Waals surface area contributed by atoms with Crippen molar-refractivity contribution in [2.45, 2.75) is 16.7 Å². The molecule has 10 heteroatoms. The molecule has 0 unspecified atom stereocenters. The van der Waals surface area contributed by atoms with Gasteiger partial charge in [-0.1, -0.05) is 35.1 Å². The molecule has 1 heterocycles. The van der Waals surface area contributed by atoms with Gasteiger partial charge in [0.05, 0.1) is 17.0 Å². The van der Waals surface area contributed by atoms with Crippen LogP contribution in [0.4, 0.5) is 11.5 Å². The minimum Gasteiger partial charge on any atom is -0.360 e. The van der Waals surface area contributed by atoms with E-state index in [1.165, 1.54) is 41.9 Å². The molecule has 0 fully saturated rings. The van der Waals surface area contributed by atoms with Crippen LogP contribution in [-0.2, 0) is 4.79 Å². The molecule has 0 saturated heterocycles. The van der Waals surface area contributed by atoms with Gasteiger partial charge in [-0.25, -0.2) is 0 Å². The lowest BCUT2D eigenvalue weighted by Gasteiger charge is -2.18. The summed E-state index contributed by atoms with van der Waals surface area (Å²) in [7, 11) is 1.45. The van der Waals surface area contributed by atoms with Crippen LogP contribution in [0.3, 0.4) is 0 Å². The van der Waals surface area contributed by atoms with Crippen LogP contribution < -0.4 is 5.32 Å². The maximum Gasteiger partial charge on any atom is 0.270 e. The van der Waals surface area contributed by atoms with E-state index in [0.717, 1.165) is 4.90 Å². The fourth-order valence-electron chi connectivity index (χ4n) is 2.60. The second-order valence-corrected chi connectivity index (χ2v) is 7.50. The maximum atomic E-state index is 13.0. The number of amides is 2. The second kappa shape index (κ2) is 9.23. The number of hydrogen-bond donors (Lipinski definition) is 1. The normalized spacial score (nSPS) is 10.5. The van der Waals surface area contributed by atoms with Crippen LogP contribution in [0.15, 0.2) is 68.9 Å². The van der Waals surface area contributed by atoms with E-state index in [1.54, 1.807) is 13.0 Å². The van der Waals surface area contributed by atoms with Crippen molar-refractivity contribution in [2.75, 3.05) is 18.9 Å². The molecule has 2 amide bonds. The third-order valence-corrected chi connectivity index (χ3v) is 5.08. The number of likely N-dealkylation sites (N-methyl/N-ethyl adjacent to an activating group) is 1. The number of hydrogen-bond acceptors (Lipinski definition) is 7. The fourth-order valence-corrected chi connectivity index (χ4v) is 3.54. The summed E-state index contributed by atoms with van der Waals surface area (Å²) < 4.78 is 4.88. The lowest BCUT2D eigenvalue weighted by Crippen LogP contribution is -2.35. The highest BCUT2D eigenvalue weighted by molar-refractivity contribution is 7.99. The summed E-state index contributed by atoms with van der Waals surface area (Å²) in [5.74, 6) is -0.201. The Hall–Kier alpha value is -3.66. The summed E-state index contributed by atoms with van der Waals surface area (Å²) >= 11 is 1.31. The molecule has 0 aliphatic carbocycles. The van der Waals surface area contributed by atoms with Crippen molar-refractivity contribution in [1.29, 1.82) is 0 Å². The summed E-state index contributed by atoms with van der Waals surface area (Å²) in [4.78, 5) is 38.5. The molecule has 30 heavy (non-hydrogen) atoms. The van der Waals surface area contributed by atoms with Gasteiger partial charge < -0.3 is 14.7 Å². The number of non-ortho nitro benzene ring substituents is 1. The van der Waals surface area contributed by atoms with Crippen LogP contribution in [0, 0.1) is 17.0 Å². The number of benzene rings is 2. The zero-order valence-corrected chi connectivity index (χ0v) is 17.0. The van der Waals surface area contributed by atoms with Gasteiger partial charge in [-0.15, -0.1) is 0 Å². The number of aryl methyl sites for hydroxylation is 1. The molecule has 3 aromatic rings. The zero-order valence-electron chi connectivity index (χ0n) is 16.2. The molecule has 0 aliphatic rings. The Kier molecular flexibility index (Phi) is 6.48. The number of anilines is 1. The molecular formula is C20H18N4O5S. The van der Waals surface area contributed by atoms with Crippen molar-refractivity contribution in [1.82, 2.24) is 10.1 Å². The Morgan fingerprint density at radius 2 is 1.93 bits per heavy atom. The fraction of sp³-hybridized carbons (Fsp3) is 0.150. The van der Waals surface area contributed by atoms with Gasteiger partial charge in [-0.05, 0) is 25.1 Å². The molecule has 1 N–H and O–H groups in total. The molecule has 1 aromatic heterocycles. The highest BCUT2D eigenvalue weighted by Crippen LogP contribution is 2.33. The molecule has 0 atom stereocenters. The van der Waals surface area contributed by atoms with E-state index >= 15 is 0 Å². The number of nitrogens with one attached hydrogen (secondary N) is 1. The first-order valence-electron chi connectivity index (χ1n) is 8.83. The first kappa shape index (κ1) is 21.1. The van der Waals surface area contributed by atoms with E-state index in [4.69, 9.17) is 4.52 Å². The maximum absolute atomic E-state index is 13.0. The van der Waals surface area contributed by atoms with Crippen LogP contribution in [0.25, 0.3) is 0 Å². The minimum atomic E-state index is -0.562. The quantitative estimate of drug-likeness (QED) is 0.451. The lowest BCUT2D eigenvalue weighted by molar-refractivity contribution is -0.384. The predicted molar refractivity (Wildman–Crippen MR) is 110 cm³/mol.